The molecule has 136 valence electrons. The van der Waals surface area contributed by atoms with Crippen molar-refractivity contribution in [2.75, 3.05) is 33.7 Å². The second kappa shape index (κ2) is 9.99. The molecular formula is C18H33N5S. The maximum Gasteiger partial charge on any atom is 0.193 e. The summed E-state index contributed by atoms with van der Waals surface area (Å²) >= 11 is 1.70. The van der Waals surface area contributed by atoms with Crippen LogP contribution in [0.2, 0.25) is 0 Å². The number of piperidine rings is 1. The molecule has 0 aliphatic carbocycles. The molecule has 1 unspecified atom stereocenters. The first-order valence-electron chi connectivity index (χ1n) is 9.17. The van der Waals surface area contributed by atoms with Crippen molar-refractivity contribution < 1.29 is 0 Å². The largest absolute Gasteiger partial charge is 0.356 e. The van der Waals surface area contributed by atoms with Crippen LogP contribution in [0, 0.1) is 6.92 Å². The zero-order chi connectivity index (χ0) is 17.4. The number of aromatic nitrogens is 1. The van der Waals surface area contributed by atoms with E-state index in [1.165, 1.54) is 45.2 Å². The van der Waals surface area contributed by atoms with Crippen LogP contribution in [0.3, 0.4) is 0 Å². The molecule has 0 radical (unpaired) electrons. The second-order valence-corrected chi connectivity index (χ2v) is 7.84. The third-order valence-corrected chi connectivity index (χ3v) is 5.56. The Balaban J connectivity index is 1.64. The molecule has 2 heterocycles. The molecule has 1 N–H and O–H groups in total. The highest BCUT2D eigenvalue weighted by atomic mass is 32.1. The van der Waals surface area contributed by atoms with Gasteiger partial charge in [0.2, 0.25) is 0 Å². The summed E-state index contributed by atoms with van der Waals surface area (Å²) in [5.74, 6) is 0.951. The van der Waals surface area contributed by atoms with Gasteiger partial charge in [0.25, 0.3) is 0 Å². The van der Waals surface area contributed by atoms with Crippen molar-refractivity contribution in [3.63, 3.8) is 0 Å². The van der Waals surface area contributed by atoms with Gasteiger partial charge in [-0.1, -0.05) is 6.42 Å². The number of thiazole rings is 1. The fourth-order valence-electron chi connectivity index (χ4n) is 3.31. The van der Waals surface area contributed by atoms with Gasteiger partial charge in [-0.05, 0) is 52.6 Å². The Bertz CT molecular complexity index is 513. The lowest BCUT2D eigenvalue weighted by Crippen LogP contribution is -2.40. The van der Waals surface area contributed by atoms with Gasteiger partial charge < -0.3 is 15.1 Å². The Labute approximate surface area is 151 Å². The van der Waals surface area contributed by atoms with Crippen molar-refractivity contribution in [3.8, 4) is 0 Å². The Hall–Kier alpha value is -1.14. The lowest BCUT2D eigenvalue weighted by atomic mass is 10.0. The van der Waals surface area contributed by atoms with Gasteiger partial charge in [-0.25, -0.2) is 4.98 Å². The molecule has 6 heteroatoms. The molecule has 1 aliphatic rings. The van der Waals surface area contributed by atoms with Gasteiger partial charge in [0.1, 0.15) is 0 Å². The number of hydrogen-bond acceptors (Lipinski definition) is 4. The molecule has 0 saturated carbocycles. The third-order valence-electron chi connectivity index (χ3n) is 4.73. The van der Waals surface area contributed by atoms with Gasteiger partial charge in [0.05, 0.1) is 17.2 Å². The normalized spacial score (nSPS) is 19.5. The molecular weight excluding hydrogens is 318 g/mol. The van der Waals surface area contributed by atoms with E-state index in [4.69, 9.17) is 0 Å². The number of likely N-dealkylation sites (tertiary alicyclic amines) is 1. The number of nitrogens with one attached hydrogen (secondary N) is 1. The molecule has 5 nitrogen and oxygen atoms in total. The maximum absolute atomic E-state index is 4.52. The summed E-state index contributed by atoms with van der Waals surface area (Å²) in [5, 5.41) is 6.72. The van der Waals surface area contributed by atoms with Gasteiger partial charge in [-0.2, -0.15) is 0 Å². The van der Waals surface area contributed by atoms with Crippen molar-refractivity contribution in [2.45, 2.75) is 58.5 Å². The molecule has 1 atom stereocenters. The average molecular weight is 352 g/mol. The summed E-state index contributed by atoms with van der Waals surface area (Å²) < 4.78 is 0. The average Bonchev–Trinajstić information content (AvgIpc) is 2.97. The molecule has 1 aromatic rings. The van der Waals surface area contributed by atoms with Crippen molar-refractivity contribution >= 4 is 17.3 Å². The van der Waals surface area contributed by atoms with E-state index in [2.05, 4.69) is 44.4 Å². The van der Waals surface area contributed by atoms with Crippen molar-refractivity contribution in [2.24, 2.45) is 4.99 Å². The zero-order valence-electron chi connectivity index (χ0n) is 15.7. The fraction of sp³-hybridized carbons (Fsp3) is 0.778. The lowest BCUT2D eigenvalue weighted by molar-refractivity contribution is 0.158. The highest BCUT2D eigenvalue weighted by Crippen LogP contribution is 2.16. The van der Waals surface area contributed by atoms with Gasteiger partial charge in [-0.15, -0.1) is 11.3 Å². The van der Waals surface area contributed by atoms with Crippen molar-refractivity contribution in [3.05, 3.63) is 16.1 Å². The first-order chi connectivity index (χ1) is 11.6. The van der Waals surface area contributed by atoms with E-state index in [9.17, 15) is 0 Å². The topological polar surface area (TPSA) is 43.8 Å². The standard InChI is InChI=1S/C18H33N5S/c1-15-9-5-7-11-23(15)12-8-6-10-20-18(19-3)22(4)13-17-14-24-16(2)21-17/h14-15H,5-13H2,1-4H3,(H,19,20). The van der Waals surface area contributed by atoms with Crippen LogP contribution in [0.1, 0.15) is 49.7 Å². The van der Waals surface area contributed by atoms with Crippen LogP contribution in [0.5, 0.6) is 0 Å². The molecule has 1 fully saturated rings. The number of nitrogens with zero attached hydrogens (tertiary/aromatic N) is 4. The molecule has 0 bridgehead atoms. The summed E-state index contributed by atoms with van der Waals surface area (Å²) in [6.45, 7) is 8.71. The van der Waals surface area contributed by atoms with E-state index in [0.717, 1.165) is 35.8 Å². The second-order valence-electron chi connectivity index (χ2n) is 6.78. The van der Waals surface area contributed by atoms with E-state index < -0.39 is 0 Å². The van der Waals surface area contributed by atoms with Crippen LogP contribution in [0.4, 0.5) is 0 Å². The Morgan fingerprint density at radius 2 is 2.29 bits per heavy atom. The quantitative estimate of drug-likeness (QED) is 0.466. The lowest BCUT2D eigenvalue weighted by Gasteiger charge is -2.33. The van der Waals surface area contributed by atoms with Crippen LogP contribution in [-0.2, 0) is 6.54 Å². The number of unbranched alkanes of at least 4 members (excludes halogenated alkanes) is 1. The van der Waals surface area contributed by atoms with Crippen molar-refractivity contribution in [1.82, 2.24) is 20.1 Å². The Morgan fingerprint density at radius 1 is 1.46 bits per heavy atom. The van der Waals surface area contributed by atoms with Gasteiger partial charge in [-0.3, -0.25) is 4.99 Å². The minimum absolute atomic E-state index is 0.771. The number of rotatable bonds is 7. The van der Waals surface area contributed by atoms with Crippen LogP contribution < -0.4 is 5.32 Å². The predicted molar refractivity (Wildman–Crippen MR) is 104 cm³/mol. The summed E-state index contributed by atoms with van der Waals surface area (Å²) in [6.07, 6.45) is 6.58. The first kappa shape index (κ1) is 19.2. The van der Waals surface area contributed by atoms with E-state index in [0.29, 0.717) is 0 Å². The zero-order valence-corrected chi connectivity index (χ0v) is 16.5. The highest BCUT2D eigenvalue weighted by molar-refractivity contribution is 7.09. The Kier molecular flexibility index (Phi) is 7.99. The van der Waals surface area contributed by atoms with Crippen LogP contribution >= 0.6 is 11.3 Å². The first-order valence-corrected chi connectivity index (χ1v) is 10.0. The summed E-state index contributed by atoms with van der Waals surface area (Å²) in [6, 6.07) is 0.771. The molecule has 1 aromatic heterocycles. The van der Waals surface area contributed by atoms with E-state index in [1.807, 2.05) is 14.0 Å². The summed E-state index contributed by atoms with van der Waals surface area (Å²) in [4.78, 5) is 13.7. The number of hydrogen-bond donors (Lipinski definition) is 1. The smallest absolute Gasteiger partial charge is 0.193 e. The summed E-state index contributed by atoms with van der Waals surface area (Å²) in [5.41, 5.74) is 1.11. The molecule has 1 saturated heterocycles. The maximum atomic E-state index is 4.52. The SMILES string of the molecule is CN=C(NCCCCN1CCCCC1C)N(C)Cc1csc(C)n1. The molecule has 0 spiro atoms. The highest BCUT2D eigenvalue weighted by Gasteiger charge is 2.17. The fourth-order valence-corrected chi connectivity index (χ4v) is 3.92. The van der Waals surface area contributed by atoms with Gasteiger partial charge in [0, 0.05) is 32.1 Å². The number of aliphatic imine (C=N–C) groups is 1. The van der Waals surface area contributed by atoms with Gasteiger partial charge in [0.15, 0.2) is 5.96 Å². The molecule has 24 heavy (non-hydrogen) atoms. The van der Waals surface area contributed by atoms with Gasteiger partial charge >= 0.3 is 0 Å². The minimum Gasteiger partial charge on any atom is -0.356 e. The Morgan fingerprint density at radius 3 is 2.96 bits per heavy atom. The van der Waals surface area contributed by atoms with E-state index >= 15 is 0 Å². The monoisotopic (exact) mass is 351 g/mol. The number of aryl methyl sites for hydroxylation is 1. The van der Waals surface area contributed by atoms with Crippen LogP contribution in [-0.4, -0.2) is 60.5 Å². The van der Waals surface area contributed by atoms with Crippen LogP contribution in [0.25, 0.3) is 0 Å². The molecule has 1 aliphatic heterocycles. The third kappa shape index (κ3) is 6.06. The molecule has 2 rings (SSSR count). The number of guanidine groups is 1. The minimum atomic E-state index is 0.771. The molecule has 0 aromatic carbocycles. The van der Waals surface area contributed by atoms with E-state index in [1.54, 1.807) is 11.3 Å². The molecule has 0 amide bonds. The van der Waals surface area contributed by atoms with Crippen molar-refractivity contribution in [1.29, 1.82) is 0 Å². The van der Waals surface area contributed by atoms with Crippen LogP contribution in [0.15, 0.2) is 10.4 Å². The van der Waals surface area contributed by atoms with E-state index in [-0.39, 0.29) is 0 Å². The predicted octanol–water partition coefficient (Wildman–Crippen LogP) is 3.11. The summed E-state index contributed by atoms with van der Waals surface area (Å²) in [7, 11) is 3.92.